The van der Waals surface area contributed by atoms with Crippen molar-refractivity contribution in [3.63, 3.8) is 0 Å². The van der Waals surface area contributed by atoms with Crippen LogP contribution in [-0.2, 0) is 14.4 Å². The minimum absolute atomic E-state index is 0.0169. The third-order valence-electron chi connectivity index (χ3n) is 3.74. The van der Waals surface area contributed by atoms with Crippen molar-refractivity contribution >= 4 is 30.0 Å². The van der Waals surface area contributed by atoms with Crippen LogP contribution in [0.3, 0.4) is 0 Å². The first-order chi connectivity index (χ1) is 12.8. The van der Waals surface area contributed by atoms with Crippen molar-refractivity contribution in [1.29, 1.82) is 0 Å². The van der Waals surface area contributed by atoms with E-state index in [0.29, 0.717) is 0 Å². The van der Waals surface area contributed by atoms with Crippen molar-refractivity contribution in [2.24, 2.45) is 0 Å². The minimum atomic E-state index is -0.736. The Morgan fingerprint density at radius 3 is 2.11 bits per heavy atom. The van der Waals surface area contributed by atoms with Crippen molar-refractivity contribution in [1.82, 2.24) is 0 Å². The number of esters is 2. The van der Waals surface area contributed by atoms with Crippen LogP contribution in [0, 0.1) is 0 Å². The quantitative estimate of drug-likeness (QED) is 0.389. The van der Waals surface area contributed by atoms with Gasteiger partial charge in [0.05, 0.1) is 11.1 Å². The van der Waals surface area contributed by atoms with Gasteiger partial charge in [0, 0.05) is 31.0 Å². The third kappa shape index (κ3) is 3.20. The van der Waals surface area contributed by atoms with Crippen molar-refractivity contribution < 1.29 is 38.2 Å². The highest BCUT2D eigenvalue weighted by molar-refractivity contribution is 6.30. The monoisotopic (exact) mass is 368 g/mol. The highest BCUT2D eigenvalue weighted by atomic mass is 16.5. The summed E-state index contributed by atoms with van der Waals surface area (Å²) in [5.41, 5.74) is -0.366. The number of hydrogen-bond donors (Lipinski definition) is 0. The number of carbonyl (C=O) groups is 5. The van der Waals surface area contributed by atoms with Gasteiger partial charge in [-0.15, -0.1) is 0 Å². The van der Waals surface area contributed by atoms with Crippen LogP contribution in [0.4, 0.5) is 0 Å². The Kier molecular flexibility index (Phi) is 4.55. The molecule has 136 valence electrons. The number of ether oxygens (including phenoxy) is 3. The minimum Gasteiger partial charge on any atom is -0.429 e. The Balaban J connectivity index is 2.27. The summed E-state index contributed by atoms with van der Waals surface area (Å²) in [7, 11) is 0. The van der Waals surface area contributed by atoms with E-state index >= 15 is 0 Å². The smallest absolute Gasteiger partial charge is 0.308 e. The van der Waals surface area contributed by atoms with Gasteiger partial charge in [-0.05, 0) is 12.1 Å². The molecule has 0 spiro atoms. The van der Waals surface area contributed by atoms with E-state index < -0.39 is 23.5 Å². The van der Waals surface area contributed by atoms with Gasteiger partial charge in [0.25, 0.3) is 6.47 Å². The summed E-state index contributed by atoms with van der Waals surface area (Å²) in [6.45, 7) is 2.42. The van der Waals surface area contributed by atoms with Crippen LogP contribution < -0.4 is 14.2 Å². The molecular formula is C19H12O8. The van der Waals surface area contributed by atoms with Crippen molar-refractivity contribution in [2.45, 2.75) is 13.8 Å². The van der Waals surface area contributed by atoms with E-state index in [0.717, 1.165) is 19.9 Å². The summed E-state index contributed by atoms with van der Waals surface area (Å²) in [6, 6.07) is 6.61. The van der Waals surface area contributed by atoms with E-state index in [2.05, 4.69) is 0 Å². The van der Waals surface area contributed by atoms with E-state index in [1.165, 1.54) is 24.3 Å². The molecule has 0 fully saturated rings. The summed E-state index contributed by atoms with van der Waals surface area (Å²) in [4.78, 5) is 59.4. The van der Waals surface area contributed by atoms with Gasteiger partial charge < -0.3 is 14.2 Å². The molecule has 0 unspecified atom stereocenters. The Labute approximate surface area is 152 Å². The third-order valence-corrected chi connectivity index (χ3v) is 3.74. The molecule has 2 aromatic rings. The van der Waals surface area contributed by atoms with Gasteiger partial charge in [-0.3, -0.25) is 24.0 Å². The molecule has 0 aliphatic heterocycles. The fourth-order valence-electron chi connectivity index (χ4n) is 2.83. The molecule has 0 heterocycles. The van der Waals surface area contributed by atoms with E-state index in [4.69, 9.17) is 14.2 Å². The molecule has 0 aromatic heterocycles. The van der Waals surface area contributed by atoms with Gasteiger partial charge in [-0.1, -0.05) is 12.1 Å². The van der Waals surface area contributed by atoms with Crippen LogP contribution in [0.2, 0.25) is 0 Å². The average molecular weight is 368 g/mol. The first-order valence-electron chi connectivity index (χ1n) is 7.71. The maximum atomic E-state index is 13.1. The van der Waals surface area contributed by atoms with Gasteiger partial charge in [0.2, 0.25) is 5.78 Å². The zero-order valence-corrected chi connectivity index (χ0v) is 14.2. The molecule has 0 N–H and O–H groups in total. The van der Waals surface area contributed by atoms with Gasteiger partial charge in [0.1, 0.15) is 17.2 Å². The molecule has 0 radical (unpaired) electrons. The lowest BCUT2D eigenvalue weighted by Gasteiger charge is -2.21. The van der Waals surface area contributed by atoms with Gasteiger partial charge in [-0.25, -0.2) is 0 Å². The maximum Gasteiger partial charge on any atom is 0.308 e. The van der Waals surface area contributed by atoms with Crippen LogP contribution in [0.1, 0.15) is 45.7 Å². The molecular weight excluding hydrogens is 356 g/mol. The van der Waals surface area contributed by atoms with Crippen LogP contribution in [0.5, 0.6) is 17.2 Å². The van der Waals surface area contributed by atoms with Crippen LogP contribution in [0.25, 0.3) is 0 Å². The van der Waals surface area contributed by atoms with Crippen LogP contribution in [0.15, 0.2) is 30.3 Å². The number of benzene rings is 2. The molecule has 8 heteroatoms. The molecule has 2 aromatic carbocycles. The molecule has 0 atom stereocenters. The largest absolute Gasteiger partial charge is 0.429 e. The Hall–Kier alpha value is -3.81. The normalized spacial score (nSPS) is 11.9. The highest BCUT2D eigenvalue weighted by Gasteiger charge is 2.36. The molecule has 0 saturated heterocycles. The number of carbonyl (C=O) groups excluding carboxylic acids is 5. The molecule has 3 rings (SSSR count). The second-order valence-electron chi connectivity index (χ2n) is 5.58. The fraction of sp³-hybridized carbons (Fsp3) is 0.105. The van der Waals surface area contributed by atoms with E-state index in [-0.39, 0.29) is 46.0 Å². The molecule has 0 saturated carbocycles. The first kappa shape index (κ1) is 18.0. The van der Waals surface area contributed by atoms with E-state index in [9.17, 15) is 24.0 Å². The van der Waals surface area contributed by atoms with Crippen LogP contribution >= 0.6 is 0 Å². The summed E-state index contributed by atoms with van der Waals surface area (Å²) >= 11 is 0. The van der Waals surface area contributed by atoms with Crippen molar-refractivity contribution in [2.75, 3.05) is 0 Å². The molecule has 0 bridgehead atoms. The summed E-state index contributed by atoms with van der Waals surface area (Å²) in [5.74, 6) is -3.02. The van der Waals surface area contributed by atoms with Crippen molar-refractivity contribution in [3.05, 3.63) is 52.6 Å². The lowest BCUT2D eigenvalue weighted by Crippen LogP contribution is -2.24. The molecule has 8 nitrogen and oxygen atoms in total. The highest BCUT2D eigenvalue weighted by Crippen LogP contribution is 2.39. The summed E-state index contributed by atoms with van der Waals surface area (Å²) in [6.07, 6.45) is 0. The van der Waals surface area contributed by atoms with Crippen LogP contribution in [-0.4, -0.2) is 30.0 Å². The Bertz CT molecular complexity index is 1020. The standard InChI is InChI=1S/C19H12O8/c1-9(21)26-14-5-3-4-12-16(14)19(24)17-13(18(12)23)6-11(25-8-20)7-15(17)27-10(2)22/h3-8H,1-2H3. The number of ketones is 2. The lowest BCUT2D eigenvalue weighted by molar-refractivity contribution is -0.132. The summed E-state index contributed by atoms with van der Waals surface area (Å²) in [5, 5.41) is 0. The Morgan fingerprint density at radius 1 is 0.852 bits per heavy atom. The fourth-order valence-corrected chi connectivity index (χ4v) is 2.83. The molecule has 27 heavy (non-hydrogen) atoms. The van der Waals surface area contributed by atoms with Crippen molar-refractivity contribution in [3.8, 4) is 17.2 Å². The van der Waals surface area contributed by atoms with E-state index in [1.807, 2.05) is 0 Å². The average Bonchev–Trinajstić information content (AvgIpc) is 2.58. The number of rotatable bonds is 4. The zero-order chi connectivity index (χ0) is 19.7. The second-order valence-corrected chi connectivity index (χ2v) is 5.58. The maximum absolute atomic E-state index is 13.1. The number of hydrogen-bond acceptors (Lipinski definition) is 8. The molecule has 1 aliphatic carbocycles. The molecule has 1 aliphatic rings. The Morgan fingerprint density at radius 2 is 1.48 bits per heavy atom. The predicted molar refractivity (Wildman–Crippen MR) is 89.1 cm³/mol. The van der Waals surface area contributed by atoms with E-state index in [1.54, 1.807) is 0 Å². The SMILES string of the molecule is CC(=O)Oc1cccc2c1C(=O)c1c(OC(C)=O)cc(OC=O)cc1C2=O. The van der Waals surface area contributed by atoms with Gasteiger partial charge >= 0.3 is 11.9 Å². The number of fused-ring (bicyclic) bond motifs is 2. The second kappa shape index (κ2) is 6.83. The first-order valence-corrected chi connectivity index (χ1v) is 7.71. The van der Waals surface area contributed by atoms with Gasteiger partial charge in [0.15, 0.2) is 5.78 Å². The lowest BCUT2D eigenvalue weighted by atomic mass is 9.83. The van der Waals surface area contributed by atoms with Gasteiger partial charge in [-0.2, -0.15) is 0 Å². The summed E-state index contributed by atoms with van der Waals surface area (Å²) < 4.78 is 14.8. The molecule has 0 amide bonds. The topological polar surface area (TPSA) is 113 Å². The predicted octanol–water partition coefficient (Wildman–Crippen LogP) is 1.85. The zero-order valence-electron chi connectivity index (χ0n) is 14.2.